The Balaban J connectivity index is 1.59. The molecule has 236 valence electrons. The summed E-state index contributed by atoms with van der Waals surface area (Å²) in [5, 5.41) is 15.3. The highest BCUT2D eigenvalue weighted by molar-refractivity contribution is 6.01. The second-order valence-electron chi connectivity index (χ2n) is 11.8. The van der Waals surface area contributed by atoms with Crippen LogP contribution in [0.3, 0.4) is 0 Å². The third kappa shape index (κ3) is 8.37. The largest absolute Gasteiger partial charge is 0.392 e. The van der Waals surface area contributed by atoms with Crippen LogP contribution in [0.4, 0.5) is 8.78 Å². The highest BCUT2D eigenvalue weighted by atomic mass is 19.1. The van der Waals surface area contributed by atoms with Gasteiger partial charge in [0.25, 0.3) is 11.8 Å². The second-order valence-corrected chi connectivity index (χ2v) is 11.8. The van der Waals surface area contributed by atoms with Crippen molar-refractivity contribution in [3.63, 3.8) is 0 Å². The van der Waals surface area contributed by atoms with Crippen molar-refractivity contribution < 1.29 is 32.8 Å². The van der Waals surface area contributed by atoms with Gasteiger partial charge in [-0.3, -0.25) is 14.4 Å². The number of aromatic nitrogens is 1. The Hall–Kier alpha value is -3.92. The number of aliphatic hydroxyl groups excluding tert-OH is 1. The molecule has 0 aliphatic carbocycles. The smallest absolute Gasteiger partial charge is 0.292 e. The lowest BCUT2D eigenvalue weighted by molar-refractivity contribution is 0.00897. The van der Waals surface area contributed by atoms with E-state index in [0.717, 1.165) is 24.5 Å². The van der Waals surface area contributed by atoms with Crippen LogP contribution in [0.1, 0.15) is 88.3 Å². The minimum Gasteiger partial charge on any atom is -0.392 e. The minimum atomic E-state index is -1.05. The molecule has 1 fully saturated rings. The first-order valence-corrected chi connectivity index (χ1v) is 15.4. The highest BCUT2D eigenvalue weighted by Gasteiger charge is 2.35. The molecule has 1 aliphatic heterocycles. The Morgan fingerprint density at radius 1 is 1.05 bits per heavy atom. The molecule has 0 saturated carbocycles. The van der Waals surface area contributed by atoms with E-state index in [9.17, 15) is 28.3 Å². The molecule has 1 saturated heterocycles. The van der Waals surface area contributed by atoms with E-state index in [2.05, 4.69) is 5.16 Å². The molecular formula is C34H41F2N3O5. The number of aryl methyl sites for hydroxylation is 1. The number of hydrogen-bond donors (Lipinski definition) is 1. The molecule has 2 unspecified atom stereocenters. The number of hydrogen-bond acceptors (Lipinski definition) is 6. The van der Waals surface area contributed by atoms with E-state index in [1.165, 1.54) is 24.4 Å². The zero-order chi connectivity index (χ0) is 31.8. The number of rotatable bonds is 13. The number of benzene rings is 2. The van der Waals surface area contributed by atoms with E-state index in [-0.39, 0.29) is 48.7 Å². The summed E-state index contributed by atoms with van der Waals surface area (Å²) in [6, 6.07) is 9.74. The average Bonchev–Trinajstić information content (AvgIpc) is 3.54. The molecule has 2 amide bonds. The van der Waals surface area contributed by atoms with Crippen molar-refractivity contribution in [3.05, 3.63) is 88.3 Å². The minimum absolute atomic E-state index is 0.0481. The van der Waals surface area contributed by atoms with Crippen LogP contribution in [0.5, 0.6) is 0 Å². The molecular weight excluding hydrogens is 568 g/mol. The van der Waals surface area contributed by atoms with Crippen molar-refractivity contribution in [2.45, 2.75) is 65.4 Å². The van der Waals surface area contributed by atoms with E-state index in [1.807, 2.05) is 20.8 Å². The first kappa shape index (κ1) is 33.0. The Labute approximate surface area is 257 Å². The quantitative estimate of drug-likeness (QED) is 0.243. The standard InChI is InChI=1S/C34H41F2N3O5/c1-4-10-38(11-5-2)33(42)27-14-22(3)13-25(18-27)30(40)19-26(15-23-16-28(35)20-29(36)17-23)32(41)24-7-6-12-39(21-24)34(43)31-8-9-37-44-31/h8-9,13-14,16-18,20,24,26,32,41H,4-7,10-12,15,19,21H2,1-3H3/t24?,26?,32-/m1/s1. The topological polar surface area (TPSA) is 104 Å². The average molecular weight is 610 g/mol. The van der Waals surface area contributed by atoms with Gasteiger partial charge in [-0.25, -0.2) is 8.78 Å². The fraction of sp³-hybridized carbons (Fsp3) is 0.471. The van der Waals surface area contributed by atoms with E-state index < -0.39 is 23.7 Å². The van der Waals surface area contributed by atoms with Crippen molar-refractivity contribution in [1.82, 2.24) is 15.0 Å². The van der Waals surface area contributed by atoms with E-state index in [0.29, 0.717) is 49.2 Å². The van der Waals surface area contributed by atoms with Gasteiger partial charge in [0.05, 0.1) is 12.3 Å². The number of ketones is 1. The van der Waals surface area contributed by atoms with Crippen LogP contribution < -0.4 is 0 Å². The first-order chi connectivity index (χ1) is 21.1. The molecule has 0 bridgehead atoms. The molecule has 10 heteroatoms. The number of carbonyl (C=O) groups is 3. The number of halogens is 2. The van der Waals surface area contributed by atoms with E-state index >= 15 is 0 Å². The van der Waals surface area contributed by atoms with Gasteiger partial charge in [0, 0.05) is 61.8 Å². The maximum Gasteiger partial charge on any atom is 0.292 e. The fourth-order valence-corrected chi connectivity index (χ4v) is 6.15. The summed E-state index contributed by atoms with van der Waals surface area (Å²) in [6.07, 6.45) is 3.13. The monoisotopic (exact) mass is 609 g/mol. The van der Waals surface area contributed by atoms with Gasteiger partial charge < -0.3 is 19.4 Å². The predicted molar refractivity (Wildman–Crippen MR) is 161 cm³/mol. The molecule has 0 spiro atoms. The van der Waals surface area contributed by atoms with Crippen LogP contribution in [-0.2, 0) is 6.42 Å². The number of likely N-dealkylation sites (tertiary alicyclic amines) is 1. The Bertz CT molecular complexity index is 1420. The number of nitrogens with zero attached hydrogens (tertiary/aromatic N) is 3. The third-order valence-electron chi connectivity index (χ3n) is 8.15. The van der Waals surface area contributed by atoms with Gasteiger partial charge >= 0.3 is 0 Å². The van der Waals surface area contributed by atoms with Crippen molar-refractivity contribution in [1.29, 1.82) is 0 Å². The number of piperidine rings is 1. The fourth-order valence-electron chi connectivity index (χ4n) is 6.15. The molecule has 44 heavy (non-hydrogen) atoms. The van der Waals surface area contributed by atoms with Crippen LogP contribution in [0.25, 0.3) is 0 Å². The molecule has 1 aliphatic rings. The van der Waals surface area contributed by atoms with Crippen molar-refractivity contribution in [2.24, 2.45) is 11.8 Å². The molecule has 1 N–H and O–H groups in total. The molecule has 4 rings (SSSR count). The summed E-state index contributed by atoms with van der Waals surface area (Å²) in [4.78, 5) is 43.4. The molecule has 3 atom stereocenters. The van der Waals surface area contributed by atoms with Crippen molar-refractivity contribution >= 4 is 17.6 Å². The summed E-state index contributed by atoms with van der Waals surface area (Å²) in [5.41, 5.74) is 1.84. The third-order valence-corrected chi connectivity index (χ3v) is 8.15. The Morgan fingerprint density at radius 3 is 2.36 bits per heavy atom. The van der Waals surface area contributed by atoms with Gasteiger partial charge in [-0.1, -0.05) is 19.0 Å². The lowest BCUT2D eigenvalue weighted by atomic mass is 9.79. The zero-order valence-electron chi connectivity index (χ0n) is 25.6. The summed E-state index contributed by atoms with van der Waals surface area (Å²) in [7, 11) is 0. The van der Waals surface area contributed by atoms with Gasteiger partial charge in [0.1, 0.15) is 11.6 Å². The predicted octanol–water partition coefficient (Wildman–Crippen LogP) is 5.87. The molecule has 0 radical (unpaired) electrons. The summed E-state index contributed by atoms with van der Waals surface area (Å²) >= 11 is 0. The zero-order valence-corrected chi connectivity index (χ0v) is 25.6. The first-order valence-electron chi connectivity index (χ1n) is 15.4. The Morgan fingerprint density at radius 2 is 1.73 bits per heavy atom. The van der Waals surface area contributed by atoms with Crippen LogP contribution in [0.15, 0.2) is 53.2 Å². The summed E-state index contributed by atoms with van der Waals surface area (Å²) in [5.74, 6) is -3.23. The lowest BCUT2D eigenvalue weighted by Gasteiger charge is -2.37. The molecule has 3 aromatic rings. The lowest BCUT2D eigenvalue weighted by Crippen LogP contribution is -2.46. The summed E-state index contributed by atoms with van der Waals surface area (Å²) in [6.45, 7) is 7.77. The number of amides is 2. The molecule has 8 nitrogen and oxygen atoms in total. The second kappa shape index (κ2) is 15.2. The maximum atomic E-state index is 14.1. The van der Waals surface area contributed by atoms with Gasteiger partial charge in [0.15, 0.2) is 5.78 Å². The molecule has 2 aromatic carbocycles. The van der Waals surface area contributed by atoms with Crippen LogP contribution in [0.2, 0.25) is 0 Å². The number of carbonyl (C=O) groups excluding carboxylic acids is 3. The number of Topliss-reactive ketones (excluding diaryl/α,β-unsaturated/α-hetero) is 1. The van der Waals surface area contributed by atoms with E-state index in [1.54, 1.807) is 28.0 Å². The molecule has 2 heterocycles. The van der Waals surface area contributed by atoms with Crippen molar-refractivity contribution in [3.8, 4) is 0 Å². The van der Waals surface area contributed by atoms with E-state index in [4.69, 9.17) is 4.52 Å². The van der Waals surface area contributed by atoms with Crippen molar-refractivity contribution in [2.75, 3.05) is 26.2 Å². The van der Waals surface area contributed by atoms with Crippen LogP contribution in [-0.4, -0.2) is 69.9 Å². The van der Waals surface area contributed by atoms with Gasteiger partial charge in [0.2, 0.25) is 5.76 Å². The van der Waals surface area contributed by atoms with Gasteiger partial charge in [-0.2, -0.15) is 0 Å². The molecule has 1 aromatic heterocycles. The van der Waals surface area contributed by atoms with Gasteiger partial charge in [-0.15, -0.1) is 0 Å². The number of aliphatic hydroxyl groups is 1. The summed E-state index contributed by atoms with van der Waals surface area (Å²) < 4.78 is 33.3. The normalized spacial score (nSPS) is 16.4. The van der Waals surface area contributed by atoms with Crippen LogP contribution >= 0.6 is 0 Å². The maximum absolute atomic E-state index is 14.1. The van der Waals surface area contributed by atoms with Crippen LogP contribution in [0, 0.1) is 30.4 Å². The Kier molecular flexibility index (Phi) is 11.4. The highest BCUT2D eigenvalue weighted by Crippen LogP contribution is 2.30. The van der Waals surface area contributed by atoms with Gasteiger partial charge in [-0.05, 0) is 86.4 Å². The SMILES string of the molecule is CCCN(CCC)C(=O)c1cc(C)cc(C(=O)CC(Cc2cc(F)cc(F)c2)[C@H](O)C2CCCN(C(=O)c3ccno3)C2)c1.